The summed E-state index contributed by atoms with van der Waals surface area (Å²) >= 11 is 0. The van der Waals surface area contributed by atoms with Gasteiger partial charge >= 0.3 is 11.9 Å². The number of hydrogen-bond acceptors (Lipinski definition) is 6. The van der Waals surface area contributed by atoms with Crippen molar-refractivity contribution in [2.45, 2.75) is 53.8 Å². The molecule has 6 heteroatoms. The van der Waals surface area contributed by atoms with Crippen LogP contribution in [0.3, 0.4) is 0 Å². The van der Waals surface area contributed by atoms with Gasteiger partial charge in [0.05, 0.1) is 6.61 Å². The molecule has 0 aliphatic heterocycles. The number of ketones is 1. The van der Waals surface area contributed by atoms with Crippen LogP contribution in [0.2, 0.25) is 0 Å². The van der Waals surface area contributed by atoms with Crippen LogP contribution in [-0.4, -0.2) is 41.6 Å². The Hall–Kier alpha value is -2.21. The Morgan fingerprint density at radius 3 is 2.04 bits per heavy atom. The molecule has 3 atom stereocenters. The van der Waals surface area contributed by atoms with E-state index in [1.807, 2.05) is 13.8 Å². The number of carbonyl (C=O) groups is 3. The van der Waals surface area contributed by atoms with Crippen molar-refractivity contribution in [3.8, 4) is 0 Å². The predicted molar refractivity (Wildman–Crippen MR) is 97.1 cm³/mol. The highest BCUT2D eigenvalue weighted by Crippen LogP contribution is 2.33. The molecular formula is C20H28O6. The van der Waals surface area contributed by atoms with Crippen molar-refractivity contribution in [1.82, 2.24) is 0 Å². The maximum Gasteiger partial charge on any atom is 0.334 e. The molecule has 144 valence electrons. The van der Waals surface area contributed by atoms with Gasteiger partial charge in [0.25, 0.3) is 0 Å². The van der Waals surface area contributed by atoms with E-state index in [2.05, 4.69) is 0 Å². The number of esters is 2. The van der Waals surface area contributed by atoms with E-state index in [4.69, 9.17) is 9.47 Å². The lowest BCUT2D eigenvalue weighted by Gasteiger charge is -2.37. The molecule has 0 heterocycles. The van der Waals surface area contributed by atoms with Gasteiger partial charge in [-0.3, -0.25) is 4.79 Å². The molecule has 1 N–H and O–H groups in total. The zero-order chi connectivity index (χ0) is 20.0. The third-order valence-electron chi connectivity index (χ3n) is 4.60. The van der Waals surface area contributed by atoms with Crippen LogP contribution in [0.4, 0.5) is 0 Å². The van der Waals surface area contributed by atoms with Crippen LogP contribution in [0.1, 0.15) is 41.5 Å². The summed E-state index contributed by atoms with van der Waals surface area (Å²) in [6.07, 6.45) is 2.79. The second kappa shape index (κ2) is 9.48. The fourth-order valence-electron chi connectivity index (χ4n) is 2.69. The van der Waals surface area contributed by atoms with Crippen LogP contribution in [-0.2, 0) is 23.9 Å². The SMILES string of the molecule is C/C=C(/C)C(=O)OC1C=C(CO)C(=O)C(OC(=O)/C(C)=C\C)C1C(C)C. The highest BCUT2D eigenvalue weighted by atomic mass is 16.6. The van der Waals surface area contributed by atoms with Crippen LogP contribution in [0.5, 0.6) is 0 Å². The first-order valence-electron chi connectivity index (χ1n) is 8.71. The lowest BCUT2D eigenvalue weighted by atomic mass is 9.77. The zero-order valence-electron chi connectivity index (χ0n) is 16.2. The molecule has 0 saturated carbocycles. The Kier molecular flexibility index (Phi) is 7.96. The molecule has 0 amide bonds. The van der Waals surface area contributed by atoms with Gasteiger partial charge in [-0.2, -0.15) is 0 Å². The minimum Gasteiger partial charge on any atom is -0.454 e. The maximum absolute atomic E-state index is 12.7. The fourth-order valence-corrected chi connectivity index (χ4v) is 2.69. The first kappa shape index (κ1) is 21.8. The van der Waals surface area contributed by atoms with Crippen LogP contribution in [0, 0.1) is 11.8 Å². The first-order chi connectivity index (χ1) is 12.2. The van der Waals surface area contributed by atoms with E-state index >= 15 is 0 Å². The fraction of sp³-hybridized carbons (Fsp3) is 0.550. The summed E-state index contributed by atoms with van der Waals surface area (Å²) in [5, 5.41) is 9.51. The van der Waals surface area contributed by atoms with E-state index in [-0.39, 0.29) is 11.5 Å². The largest absolute Gasteiger partial charge is 0.454 e. The van der Waals surface area contributed by atoms with Crippen molar-refractivity contribution in [2.24, 2.45) is 11.8 Å². The molecule has 0 bridgehead atoms. The van der Waals surface area contributed by atoms with Crippen LogP contribution >= 0.6 is 0 Å². The van der Waals surface area contributed by atoms with Crippen LogP contribution in [0.25, 0.3) is 0 Å². The average Bonchev–Trinajstić information content (AvgIpc) is 2.61. The van der Waals surface area contributed by atoms with Gasteiger partial charge in [-0.15, -0.1) is 0 Å². The van der Waals surface area contributed by atoms with Crippen molar-refractivity contribution in [1.29, 1.82) is 0 Å². The van der Waals surface area contributed by atoms with Gasteiger partial charge in [0, 0.05) is 22.6 Å². The highest BCUT2D eigenvalue weighted by Gasteiger charge is 2.45. The van der Waals surface area contributed by atoms with E-state index in [0.29, 0.717) is 11.1 Å². The molecule has 0 radical (unpaired) electrons. The third kappa shape index (κ3) is 4.91. The number of ether oxygens (including phenoxy) is 2. The van der Waals surface area contributed by atoms with Crippen molar-refractivity contribution >= 4 is 17.7 Å². The molecule has 0 spiro atoms. The normalized spacial score (nSPS) is 24.4. The molecule has 0 aromatic carbocycles. The van der Waals surface area contributed by atoms with Crippen molar-refractivity contribution in [3.63, 3.8) is 0 Å². The lowest BCUT2D eigenvalue weighted by Crippen LogP contribution is -2.49. The molecule has 0 aromatic heterocycles. The zero-order valence-corrected chi connectivity index (χ0v) is 16.2. The number of aliphatic hydroxyl groups is 1. The standard InChI is InChI=1S/C20H28O6/c1-7-12(5)19(23)25-15-9-14(10-21)17(22)18(16(15)11(3)4)26-20(24)13(6)8-2/h7-9,11,15-16,18,21H,10H2,1-6H3/b12-7-,13-8-. The first-order valence-corrected chi connectivity index (χ1v) is 8.71. The third-order valence-corrected chi connectivity index (χ3v) is 4.60. The van der Waals surface area contributed by atoms with Crippen LogP contribution < -0.4 is 0 Å². The second-order valence-electron chi connectivity index (χ2n) is 6.67. The minimum absolute atomic E-state index is 0.0776. The predicted octanol–water partition coefficient (Wildman–Crippen LogP) is 2.52. The van der Waals surface area contributed by atoms with Gasteiger partial charge < -0.3 is 14.6 Å². The molecule has 3 unspecified atom stereocenters. The molecule has 0 saturated heterocycles. The number of Topliss-reactive ketones (excluding diaryl/α,β-unsaturated/α-hetero) is 1. The summed E-state index contributed by atoms with van der Waals surface area (Å²) < 4.78 is 11.0. The van der Waals surface area contributed by atoms with Crippen LogP contribution in [0.15, 0.2) is 34.9 Å². The van der Waals surface area contributed by atoms with E-state index < -0.39 is 42.5 Å². The molecular weight excluding hydrogens is 336 g/mol. The van der Waals surface area contributed by atoms with E-state index in [0.717, 1.165) is 0 Å². The van der Waals surface area contributed by atoms with E-state index in [9.17, 15) is 19.5 Å². The van der Waals surface area contributed by atoms with Crippen molar-refractivity contribution in [3.05, 3.63) is 34.9 Å². The molecule has 1 aliphatic rings. The average molecular weight is 364 g/mol. The summed E-state index contributed by atoms with van der Waals surface area (Å²) in [5.41, 5.74) is 0.883. The molecule has 1 rings (SSSR count). The molecule has 26 heavy (non-hydrogen) atoms. The number of carbonyl (C=O) groups excluding carboxylic acids is 3. The van der Waals surface area contributed by atoms with Crippen molar-refractivity contribution in [2.75, 3.05) is 6.61 Å². The number of allylic oxidation sites excluding steroid dienone is 2. The summed E-state index contributed by atoms with van der Waals surface area (Å²) in [7, 11) is 0. The number of hydrogen-bond donors (Lipinski definition) is 1. The maximum atomic E-state index is 12.7. The lowest BCUT2D eigenvalue weighted by molar-refractivity contribution is -0.163. The molecule has 6 nitrogen and oxygen atoms in total. The van der Waals surface area contributed by atoms with Gasteiger partial charge in [0.15, 0.2) is 6.10 Å². The Bertz CT molecular complexity index is 653. The molecule has 0 aromatic rings. The Labute approximate surface area is 154 Å². The Morgan fingerprint density at radius 1 is 1.12 bits per heavy atom. The quantitative estimate of drug-likeness (QED) is 0.575. The Balaban J connectivity index is 3.27. The van der Waals surface area contributed by atoms with Gasteiger partial charge in [-0.05, 0) is 39.7 Å². The topological polar surface area (TPSA) is 89.9 Å². The van der Waals surface area contributed by atoms with E-state index in [1.165, 1.54) is 6.08 Å². The van der Waals surface area contributed by atoms with Gasteiger partial charge in [-0.1, -0.05) is 26.0 Å². The summed E-state index contributed by atoms with van der Waals surface area (Å²) in [6.45, 7) is 9.85. The van der Waals surface area contributed by atoms with Crippen molar-refractivity contribution < 1.29 is 29.0 Å². The molecule has 1 aliphatic carbocycles. The number of rotatable bonds is 6. The van der Waals surface area contributed by atoms with E-state index in [1.54, 1.807) is 39.8 Å². The van der Waals surface area contributed by atoms with Gasteiger partial charge in [0.1, 0.15) is 6.10 Å². The second-order valence-corrected chi connectivity index (χ2v) is 6.67. The number of aliphatic hydroxyl groups excluding tert-OH is 1. The summed E-state index contributed by atoms with van der Waals surface area (Å²) in [4.78, 5) is 37.0. The molecule has 0 fully saturated rings. The Morgan fingerprint density at radius 2 is 1.62 bits per heavy atom. The summed E-state index contributed by atoms with van der Waals surface area (Å²) in [6, 6.07) is 0. The van der Waals surface area contributed by atoms with Gasteiger partial charge in [-0.25, -0.2) is 9.59 Å². The highest BCUT2D eigenvalue weighted by molar-refractivity contribution is 6.02. The smallest absolute Gasteiger partial charge is 0.334 e. The monoisotopic (exact) mass is 364 g/mol. The van der Waals surface area contributed by atoms with Gasteiger partial charge in [0.2, 0.25) is 5.78 Å². The minimum atomic E-state index is -1.12. The summed E-state index contributed by atoms with van der Waals surface area (Å²) in [5.74, 6) is -2.23.